The van der Waals surface area contributed by atoms with Crippen molar-refractivity contribution in [2.75, 3.05) is 0 Å². The number of rotatable bonds is 5. The van der Waals surface area contributed by atoms with Crippen LogP contribution in [0.2, 0.25) is 0 Å². The predicted molar refractivity (Wildman–Crippen MR) is 85.2 cm³/mol. The van der Waals surface area contributed by atoms with Crippen LogP contribution < -0.4 is 5.32 Å². The quantitative estimate of drug-likeness (QED) is 0.855. The van der Waals surface area contributed by atoms with E-state index in [1.165, 1.54) is 49.4 Å². The number of nitrogens with one attached hydrogen (secondary N) is 1. The van der Waals surface area contributed by atoms with Crippen molar-refractivity contribution in [3.05, 3.63) is 11.9 Å². The van der Waals surface area contributed by atoms with Crippen molar-refractivity contribution in [2.45, 2.75) is 58.0 Å². The van der Waals surface area contributed by atoms with E-state index in [1.807, 2.05) is 0 Å². The molecule has 7 nitrogen and oxygen atoms in total. The van der Waals surface area contributed by atoms with Crippen LogP contribution >= 0.6 is 0 Å². The topological polar surface area (TPSA) is 97.1 Å². The lowest BCUT2D eigenvalue weighted by Gasteiger charge is -2.59. The molecule has 4 bridgehead atoms. The summed E-state index contributed by atoms with van der Waals surface area (Å²) in [5, 5.41) is 19.2. The van der Waals surface area contributed by atoms with Crippen LogP contribution in [0.3, 0.4) is 0 Å². The number of carbonyl (C=O) groups excluding carboxylic acids is 1. The summed E-state index contributed by atoms with van der Waals surface area (Å²) in [5.41, 5.74) is 0.121. The summed E-state index contributed by atoms with van der Waals surface area (Å²) >= 11 is 0. The van der Waals surface area contributed by atoms with Crippen molar-refractivity contribution in [2.24, 2.45) is 23.2 Å². The molecule has 4 fully saturated rings. The van der Waals surface area contributed by atoms with E-state index in [4.69, 9.17) is 5.11 Å². The molecule has 0 radical (unpaired) electrons. The molecule has 130 valence electrons. The van der Waals surface area contributed by atoms with Gasteiger partial charge in [-0.15, -0.1) is 5.10 Å². The van der Waals surface area contributed by atoms with Crippen molar-refractivity contribution in [1.82, 2.24) is 20.3 Å². The summed E-state index contributed by atoms with van der Waals surface area (Å²) in [6, 6.07) is 0.154. The number of amides is 1. The number of hydrogen-bond acceptors (Lipinski definition) is 4. The first kappa shape index (κ1) is 15.6. The van der Waals surface area contributed by atoms with Gasteiger partial charge in [0.15, 0.2) is 5.69 Å². The largest absolute Gasteiger partial charge is 0.476 e. The van der Waals surface area contributed by atoms with Crippen molar-refractivity contribution < 1.29 is 14.7 Å². The van der Waals surface area contributed by atoms with Crippen LogP contribution in [0.15, 0.2) is 6.20 Å². The summed E-state index contributed by atoms with van der Waals surface area (Å²) in [4.78, 5) is 23.2. The van der Waals surface area contributed by atoms with Crippen LogP contribution in [0, 0.1) is 23.2 Å². The molecule has 1 heterocycles. The summed E-state index contributed by atoms with van der Waals surface area (Å²) in [7, 11) is 0. The van der Waals surface area contributed by atoms with Crippen LogP contribution in [-0.2, 0) is 11.3 Å². The second kappa shape index (κ2) is 5.57. The van der Waals surface area contributed by atoms with E-state index in [-0.39, 0.29) is 29.6 Å². The van der Waals surface area contributed by atoms with Gasteiger partial charge in [-0.25, -0.2) is 9.48 Å². The highest BCUT2D eigenvalue weighted by atomic mass is 16.4. The average Bonchev–Trinajstić information content (AvgIpc) is 2.94. The standard InChI is InChI=1S/C17H24N4O3/c1-10(17-5-11-2-12(6-17)4-13(3-11)7-17)18-15(22)9-21-8-14(16(23)24)19-20-21/h8,10-13H,2-7,9H2,1H3,(H,18,22)(H,23,24). The van der Waals surface area contributed by atoms with Gasteiger partial charge in [-0.05, 0) is 68.6 Å². The molecule has 4 aliphatic rings. The Bertz CT molecular complexity index is 633. The van der Waals surface area contributed by atoms with Gasteiger partial charge in [-0.3, -0.25) is 4.79 Å². The molecule has 1 aromatic rings. The second-order valence-electron chi connectivity index (χ2n) is 8.18. The van der Waals surface area contributed by atoms with E-state index in [0.717, 1.165) is 17.8 Å². The molecule has 0 spiro atoms. The van der Waals surface area contributed by atoms with Gasteiger partial charge >= 0.3 is 5.97 Å². The summed E-state index contributed by atoms with van der Waals surface area (Å²) < 4.78 is 1.28. The molecular formula is C17H24N4O3. The van der Waals surface area contributed by atoms with Gasteiger partial charge in [0, 0.05) is 6.04 Å². The monoisotopic (exact) mass is 332 g/mol. The molecule has 0 saturated heterocycles. The minimum absolute atomic E-state index is 0.0109. The third-order valence-electron chi connectivity index (χ3n) is 6.45. The van der Waals surface area contributed by atoms with Crippen molar-refractivity contribution in [3.8, 4) is 0 Å². The lowest BCUT2D eigenvalue weighted by atomic mass is 9.48. The van der Waals surface area contributed by atoms with Crippen molar-refractivity contribution >= 4 is 11.9 Å². The minimum atomic E-state index is -1.14. The lowest BCUT2D eigenvalue weighted by molar-refractivity contribution is -0.126. The van der Waals surface area contributed by atoms with E-state index in [0.29, 0.717) is 0 Å². The smallest absolute Gasteiger partial charge is 0.358 e. The third kappa shape index (κ3) is 2.70. The van der Waals surface area contributed by atoms with Gasteiger partial charge in [0.25, 0.3) is 0 Å². The number of hydrogen-bond donors (Lipinski definition) is 2. The number of carbonyl (C=O) groups is 2. The van der Waals surface area contributed by atoms with Crippen molar-refractivity contribution in [1.29, 1.82) is 0 Å². The lowest BCUT2D eigenvalue weighted by Crippen LogP contribution is -2.56. The number of nitrogens with zero attached hydrogens (tertiary/aromatic N) is 3. The fourth-order valence-electron chi connectivity index (χ4n) is 5.77. The molecular weight excluding hydrogens is 308 g/mol. The predicted octanol–water partition coefficient (Wildman–Crippen LogP) is 1.70. The average molecular weight is 332 g/mol. The Morgan fingerprint density at radius 3 is 2.38 bits per heavy atom. The Balaban J connectivity index is 1.39. The molecule has 2 N–H and O–H groups in total. The first-order valence-corrected chi connectivity index (χ1v) is 8.86. The zero-order valence-corrected chi connectivity index (χ0v) is 13.9. The highest BCUT2D eigenvalue weighted by Crippen LogP contribution is 2.61. The molecule has 24 heavy (non-hydrogen) atoms. The van der Waals surface area contributed by atoms with Gasteiger partial charge in [0.1, 0.15) is 6.54 Å². The van der Waals surface area contributed by atoms with Crippen molar-refractivity contribution in [3.63, 3.8) is 0 Å². The molecule has 1 aromatic heterocycles. The molecule has 0 aromatic carbocycles. The Labute approximate surface area is 140 Å². The van der Waals surface area contributed by atoms with Gasteiger partial charge in [-0.1, -0.05) is 5.21 Å². The molecule has 7 heteroatoms. The van der Waals surface area contributed by atoms with Crippen LogP contribution in [0.1, 0.15) is 55.9 Å². The normalized spacial score (nSPS) is 35.0. The highest BCUT2D eigenvalue weighted by Gasteiger charge is 2.53. The number of aromatic carboxylic acids is 1. The van der Waals surface area contributed by atoms with Gasteiger partial charge in [-0.2, -0.15) is 0 Å². The van der Waals surface area contributed by atoms with Crippen LogP contribution in [0.4, 0.5) is 0 Å². The van der Waals surface area contributed by atoms with Gasteiger partial charge in [0.2, 0.25) is 5.91 Å². The van der Waals surface area contributed by atoms with E-state index >= 15 is 0 Å². The fourth-order valence-corrected chi connectivity index (χ4v) is 5.77. The molecule has 1 amide bonds. The second-order valence-corrected chi connectivity index (χ2v) is 8.18. The minimum Gasteiger partial charge on any atom is -0.476 e. The first-order chi connectivity index (χ1) is 11.4. The maximum Gasteiger partial charge on any atom is 0.358 e. The Kier molecular flexibility index (Phi) is 3.62. The molecule has 4 saturated carbocycles. The third-order valence-corrected chi connectivity index (χ3v) is 6.45. The van der Waals surface area contributed by atoms with E-state index < -0.39 is 5.97 Å². The number of carboxylic acid groups (broad SMARTS) is 1. The Morgan fingerprint density at radius 2 is 1.88 bits per heavy atom. The van der Waals surface area contributed by atoms with Gasteiger partial charge < -0.3 is 10.4 Å². The SMILES string of the molecule is CC(NC(=O)Cn1cc(C(=O)O)nn1)C12CC3CC(CC(C3)C1)C2. The zero-order valence-electron chi connectivity index (χ0n) is 13.9. The van der Waals surface area contributed by atoms with E-state index in [9.17, 15) is 9.59 Å². The number of aromatic nitrogens is 3. The molecule has 1 unspecified atom stereocenters. The van der Waals surface area contributed by atoms with Crippen LogP contribution in [-0.4, -0.2) is 38.0 Å². The molecule has 5 rings (SSSR count). The first-order valence-electron chi connectivity index (χ1n) is 8.86. The van der Waals surface area contributed by atoms with E-state index in [2.05, 4.69) is 22.6 Å². The summed E-state index contributed by atoms with van der Waals surface area (Å²) in [6.45, 7) is 2.14. The van der Waals surface area contributed by atoms with Crippen LogP contribution in [0.25, 0.3) is 0 Å². The summed E-state index contributed by atoms with van der Waals surface area (Å²) in [5.74, 6) is 1.29. The molecule has 4 aliphatic carbocycles. The zero-order chi connectivity index (χ0) is 16.9. The molecule has 0 aliphatic heterocycles. The Hall–Kier alpha value is -1.92. The molecule has 1 atom stereocenters. The maximum atomic E-state index is 12.3. The number of carboxylic acids is 1. The fraction of sp³-hybridized carbons (Fsp3) is 0.765. The van der Waals surface area contributed by atoms with Crippen LogP contribution in [0.5, 0.6) is 0 Å². The highest BCUT2D eigenvalue weighted by molar-refractivity contribution is 5.84. The maximum absolute atomic E-state index is 12.3. The summed E-state index contributed by atoms with van der Waals surface area (Å²) in [6.07, 6.45) is 9.18. The van der Waals surface area contributed by atoms with Gasteiger partial charge in [0.05, 0.1) is 6.20 Å². The van der Waals surface area contributed by atoms with E-state index in [1.54, 1.807) is 0 Å². The Morgan fingerprint density at radius 1 is 1.29 bits per heavy atom.